The van der Waals surface area contributed by atoms with E-state index in [-0.39, 0.29) is 19.1 Å². The first kappa shape index (κ1) is 15.1. The molecule has 0 unspecified atom stereocenters. The number of aromatic nitrogens is 1. The largest absolute Gasteiger partial charge is 0.483 e. The van der Waals surface area contributed by atoms with E-state index in [0.717, 1.165) is 28.3 Å². The van der Waals surface area contributed by atoms with Gasteiger partial charge in [0.25, 0.3) is 5.91 Å². The molecule has 0 saturated heterocycles. The molecule has 5 heteroatoms. The molecule has 0 bridgehead atoms. The molecule has 0 atom stereocenters. The minimum Gasteiger partial charge on any atom is -0.483 e. The van der Waals surface area contributed by atoms with Gasteiger partial charge in [-0.2, -0.15) is 0 Å². The van der Waals surface area contributed by atoms with Gasteiger partial charge in [-0.05, 0) is 38.8 Å². The average molecular weight is 288 g/mol. The van der Waals surface area contributed by atoms with E-state index in [1.165, 1.54) is 0 Å². The molecule has 112 valence electrons. The number of benzene rings is 1. The number of hydrogen-bond donors (Lipinski definition) is 1. The summed E-state index contributed by atoms with van der Waals surface area (Å²) in [6.07, 6.45) is 0. The lowest BCUT2D eigenvalue weighted by atomic mass is 10.1. The normalized spacial score (nSPS) is 10.5. The van der Waals surface area contributed by atoms with Crippen LogP contribution in [0.1, 0.15) is 28.5 Å². The highest BCUT2D eigenvalue weighted by Crippen LogP contribution is 2.21. The van der Waals surface area contributed by atoms with Crippen molar-refractivity contribution >= 4 is 5.91 Å². The second-order valence-corrected chi connectivity index (χ2v) is 5.04. The predicted octanol–water partition coefficient (Wildman–Crippen LogP) is 2.60. The number of hydrogen-bond acceptors (Lipinski definition) is 4. The van der Waals surface area contributed by atoms with Crippen molar-refractivity contribution in [2.24, 2.45) is 0 Å². The molecule has 2 rings (SSSR count). The quantitative estimate of drug-likeness (QED) is 0.918. The van der Waals surface area contributed by atoms with Gasteiger partial charge in [0.1, 0.15) is 11.5 Å². The SMILES string of the molecule is Cc1cccc(C)c1OCC(=O)NCc1nc(C)c(C)o1. The Kier molecular flexibility index (Phi) is 4.62. The van der Waals surface area contributed by atoms with E-state index in [4.69, 9.17) is 9.15 Å². The zero-order valence-corrected chi connectivity index (χ0v) is 12.8. The van der Waals surface area contributed by atoms with E-state index in [9.17, 15) is 4.79 Å². The fourth-order valence-electron chi connectivity index (χ4n) is 2.00. The molecule has 1 amide bonds. The van der Waals surface area contributed by atoms with Gasteiger partial charge in [-0.1, -0.05) is 18.2 Å². The van der Waals surface area contributed by atoms with Crippen LogP contribution in [0, 0.1) is 27.7 Å². The second-order valence-electron chi connectivity index (χ2n) is 5.04. The lowest BCUT2D eigenvalue weighted by Crippen LogP contribution is -2.28. The van der Waals surface area contributed by atoms with Crippen molar-refractivity contribution in [3.05, 3.63) is 46.7 Å². The first-order chi connectivity index (χ1) is 9.97. The molecule has 5 nitrogen and oxygen atoms in total. The average Bonchev–Trinajstić information content (AvgIpc) is 2.75. The molecule has 0 aliphatic carbocycles. The Morgan fingerprint density at radius 2 is 1.90 bits per heavy atom. The van der Waals surface area contributed by atoms with Crippen LogP contribution in [0.15, 0.2) is 22.6 Å². The first-order valence-corrected chi connectivity index (χ1v) is 6.86. The lowest BCUT2D eigenvalue weighted by molar-refractivity contribution is -0.123. The maximum atomic E-state index is 11.8. The van der Waals surface area contributed by atoms with Crippen molar-refractivity contribution < 1.29 is 13.9 Å². The Morgan fingerprint density at radius 3 is 2.48 bits per heavy atom. The number of para-hydroxylation sites is 1. The molecule has 0 spiro atoms. The molecule has 2 aromatic rings. The fourth-order valence-corrected chi connectivity index (χ4v) is 2.00. The summed E-state index contributed by atoms with van der Waals surface area (Å²) in [4.78, 5) is 16.0. The molecule has 1 N–H and O–H groups in total. The van der Waals surface area contributed by atoms with Crippen LogP contribution in [-0.2, 0) is 11.3 Å². The second kappa shape index (κ2) is 6.43. The van der Waals surface area contributed by atoms with Crippen LogP contribution in [0.3, 0.4) is 0 Å². The van der Waals surface area contributed by atoms with Crippen molar-refractivity contribution in [2.75, 3.05) is 6.61 Å². The van der Waals surface area contributed by atoms with Gasteiger partial charge in [0.2, 0.25) is 5.89 Å². The maximum absolute atomic E-state index is 11.8. The fraction of sp³-hybridized carbons (Fsp3) is 0.375. The highest BCUT2D eigenvalue weighted by molar-refractivity contribution is 5.77. The number of nitrogens with one attached hydrogen (secondary N) is 1. The Labute approximate surface area is 124 Å². The number of nitrogens with zero attached hydrogens (tertiary/aromatic N) is 1. The summed E-state index contributed by atoms with van der Waals surface area (Å²) in [7, 11) is 0. The van der Waals surface area contributed by atoms with Crippen LogP contribution in [0.5, 0.6) is 5.75 Å². The molecule has 1 heterocycles. The molecule has 0 saturated carbocycles. The predicted molar refractivity (Wildman–Crippen MR) is 79.2 cm³/mol. The molecule has 1 aromatic carbocycles. The topological polar surface area (TPSA) is 64.4 Å². The van der Waals surface area contributed by atoms with Crippen molar-refractivity contribution in [2.45, 2.75) is 34.2 Å². The van der Waals surface area contributed by atoms with Gasteiger partial charge >= 0.3 is 0 Å². The van der Waals surface area contributed by atoms with E-state index >= 15 is 0 Å². The smallest absolute Gasteiger partial charge is 0.258 e. The van der Waals surface area contributed by atoms with Crippen LogP contribution in [0.25, 0.3) is 0 Å². The zero-order chi connectivity index (χ0) is 15.4. The van der Waals surface area contributed by atoms with Gasteiger partial charge in [-0.25, -0.2) is 4.98 Å². The maximum Gasteiger partial charge on any atom is 0.258 e. The van der Waals surface area contributed by atoms with Crippen LogP contribution < -0.4 is 10.1 Å². The third-order valence-electron chi connectivity index (χ3n) is 3.27. The number of rotatable bonds is 5. The molecule has 0 fully saturated rings. The highest BCUT2D eigenvalue weighted by atomic mass is 16.5. The number of carbonyl (C=O) groups is 1. The van der Waals surface area contributed by atoms with Crippen LogP contribution >= 0.6 is 0 Å². The summed E-state index contributed by atoms with van der Waals surface area (Å²) in [5.74, 6) is 1.83. The highest BCUT2D eigenvalue weighted by Gasteiger charge is 2.09. The lowest BCUT2D eigenvalue weighted by Gasteiger charge is -2.11. The van der Waals surface area contributed by atoms with E-state index < -0.39 is 0 Å². The van der Waals surface area contributed by atoms with Gasteiger partial charge in [0, 0.05) is 0 Å². The monoisotopic (exact) mass is 288 g/mol. The molecule has 0 aliphatic rings. The summed E-state index contributed by atoms with van der Waals surface area (Å²) in [5.41, 5.74) is 2.87. The Hall–Kier alpha value is -2.30. The van der Waals surface area contributed by atoms with Gasteiger partial charge < -0.3 is 14.5 Å². The number of carbonyl (C=O) groups excluding carboxylic acids is 1. The molecule has 21 heavy (non-hydrogen) atoms. The molecular formula is C16H20N2O3. The van der Waals surface area contributed by atoms with Crippen molar-refractivity contribution in [1.82, 2.24) is 10.3 Å². The van der Waals surface area contributed by atoms with E-state index in [2.05, 4.69) is 10.3 Å². The first-order valence-electron chi connectivity index (χ1n) is 6.86. The third-order valence-corrected chi connectivity index (χ3v) is 3.27. The summed E-state index contributed by atoms with van der Waals surface area (Å²) in [5, 5.41) is 2.73. The number of ether oxygens (including phenoxy) is 1. The van der Waals surface area contributed by atoms with Gasteiger partial charge in [0.15, 0.2) is 6.61 Å². The molecule has 0 radical (unpaired) electrons. The van der Waals surface area contributed by atoms with E-state index in [0.29, 0.717) is 5.89 Å². The summed E-state index contributed by atoms with van der Waals surface area (Å²) in [6.45, 7) is 7.87. The van der Waals surface area contributed by atoms with E-state index in [1.807, 2.05) is 45.9 Å². The number of aryl methyl sites for hydroxylation is 4. The van der Waals surface area contributed by atoms with Crippen LogP contribution in [0.2, 0.25) is 0 Å². The Morgan fingerprint density at radius 1 is 1.24 bits per heavy atom. The molecule has 1 aromatic heterocycles. The van der Waals surface area contributed by atoms with Crippen LogP contribution in [-0.4, -0.2) is 17.5 Å². The number of amides is 1. The van der Waals surface area contributed by atoms with Gasteiger partial charge in [-0.3, -0.25) is 4.79 Å². The zero-order valence-electron chi connectivity index (χ0n) is 12.8. The van der Waals surface area contributed by atoms with Gasteiger partial charge in [0.05, 0.1) is 12.2 Å². The van der Waals surface area contributed by atoms with Crippen molar-refractivity contribution in [3.8, 4) is 5.75 Å². The summed E-state index contributed by atoms with van der Waals surface area (Å²) >= 11 is 0. The van der Waals surface area contributed by atoms with Crippen LogP contribution in [0.4, 0.5) is 0 Å². The Balaban J connectivity index is 1.85. The minimum atomic E-state index is -0.203. The number of oxazole rings is 1. The summed E-state index contributed by atoms with van der Waals surface area (Å²) in [6, 6.07) is 5.88. The molecule has 0 aliphatic heterocycles. The van der Waals surface area contributed by atoms with Gasteiger partial charge in [-0.15, -0.1) is 0 Å². The van der Waals surface area contributed by atoms with Crippen molar-refractivity contribution in [3.63, 3.8) is 0 Å². The third kappa shape index (κ3) is 3.84. The standard InChI is InChI=1S/C16H20N2O3/c1-10-6-5-7-11(2)16(10)20-9-14(19)17-8-15-18-12(3)13(4)21-15/h5-7H,8-9H2,1-4H3,(H,17,19). The Bertz CT molecular complexity index is 607. The van der Waals surface area contributed by atoms with E-state index in [1.54, 1.807) is 0 Å². The van der Waals surface area contributed by atoms with Crippen molar-refractivity contribution in [1.29, 1.82) is 0 Å². The summed E-state index contributed by atoms with van der Waals surface area (Å²) < 4.78 is 11.0. The minimum absolute atomic E-state index is 0.0234. The molecular weight excluding hydrogens is 268 g/mol.